The van der Waals surface area contributed by atoms with Crippen LogP contribution in [0, 0.1) is 0 Å². The molecule has 1 aromatic carbocycles. The molecule has 1 saturated heterocycles. The number of anilines is 2. The highest BCUT2D eigenvalue weighted by Crippen LogP contribution is 2.18. The first-order valence-electron chi connectivity index (χ1n) is 10.4. The van der Waals surface area contributed by atoms with Gasteiger partial charge in [-0.15, -0.1) is 0 Å². The number of imidazole rings is 1. The molecule has 1 fully saturated rings. The van der Waals surface area contributed by atoms with E-state index >= 15 is 0 Å². The molecule has 0 unspecified atom stereocenters. The maximum Gasteiger partial charge on any atom is 0.323 e. The van der Waals surface area contributed by atoms with Crippen molar-refractivity contribution in [2.75, 3.05) is 43.2 Å². The maximum atomic E-state index is 5.80. The monoisotopic (exact) mass is 433 g/mol. The second-order valence-electron chi connectivity index (χ2n) is 7.15. The summed E-state index contributed by atoms with van der Waals surface area (Å²) in [6, 6.07) is 8.29. The highest BCUT2D eigenvalue weighted by atomic mass is 16.5. The van der Waals surface area contributed by atoms with Crippen LogP contribution in [0.4, 0.5) is 11.9 Å². The van der Waals surface area contributed by atoms with Crippen LogP contribution >= 0.6 is 0 Å². The molecule has 4 aromatic rings. The Morgan fingerprint density at radius 2 is 2.09 bits per heavy atom. The minimum atomic E-state index is 0.242. The predicted molar refractivity (Wildman–Crippen MR) is 120 cm³/mol. The summed E-state index contributed by atoms with van der Waals surface area (Å²) in [6.07, 6.45) is 8.99. The van der Waals surface area contributed by atoms with Crippen molar-refractivity contribution in [2.24, 2.45) is 5.10 Å². The summed E-state index contributed by atoms with van der Waals surface area (Å²) in [5, 5.41) is 5.41. The van der Waals surface area contributed by atoms with E-state index < -0.39 is 0 Å². The van der Waals surface area contributed by atoms with E-state index in [4.69, 9.17) is 9.47 Å². The highest BCUT2D eigenvalue weighted by Gasteiger charge is 2.17. The van der Waals surface area contributed by atoms with Crippen LogP contribution in [0.15, 0.2) is 54.3 Å². The molecule has 164 valence electrons. The lowest BCUT2D eigenvalue weighted by molar-refractivity contribution is 0.122. The number of nitrogens with zero attached hydrogens (tertiary/aromatic N) is 7. The van der Waals surface area contributed by atoms with E-state index in [1.54, 1.807) is 18.7 Å². The second kappa shape index (κ2) is 9.43. The molecule has 1 aliphatic rings. The Bertz CT molecular complexity index is 1180. The number of morpholine rings is 1. The fraction of sp³-hybridized carbons (Fsp3) is 0.286. The normalized spacial score (nSPS) is 14.3. The molecule has 11 heteroatoms. The third kappa shape index (κ3) is 4.67. The lowest BCUT2D eigenvalue weighted by Gasteiger charge is -2.26. The lowest BCUT2D eigenvalue weighted by Crippen LogP contribution is -2.37. The van der Waals surface area contributed by atoms with Crippen molar-refractivity contribution in [1.29, 1.82) is 0 Å². The third-order valence-electron chi connectivity index (χ3n) is 5.03. The minimum absolute atomic E-state index is 0.242. The smallest absolute Gasteiger partial charge is 0.323 e. The van der Waals surface area contributed by atoms with Gasteiger partial charge in [0.2, 0.25) is 5.95 Å². The number of H-pyrrole nitrogens is 1. The molecule has 0 saturated carbocycles. The first kappa shape index (κ1) is 19.9. The van der Waals surface area contributed by atoms with Gasteiger partial charge in [-0.1, -0.05) is 18.2 Å². The number of benzene rings is 1. The standard InChI is InChI=1S/C21H23N9O2/c1-2-4-18-17(3-1)16(13-23-18)14-24-28-19-25-20(30-8-10-31-11-9-30)27-21(26-19)32-12-7-29-6-5-22-15-29/h1-6,13-15,23H,7-12H2,(H,25,26,27,28). The average molecular weight is 433 g/mol. The van der Waals surface area contributed by atoms with Crippen LogP contribution in [0.3, 0.4) is 0 Å². The fourth-order valence-corrected chi connectivity index (χ4v) is 3.39. The van der Waals surface area contributed by atoms with Crippen molar-refractivity contribution in [2.45, 2.75) is 6.54 Å². The Hall–Kier alpha value is -3.99. The van der Waals surface area contributed by atoms with Gasteiger partial charge in [0.15, 0.2) is 0 Å². The number of nitrogens with one attached hydrogen (secondary N) is 2. The fourth-order valence-electron chi connectivity index (χ4n) is 3.39. The zero-order valence-corrected chi connectivity index (χ0v) is 17.4. The molecule has 0 spiro atoms. The summed E-state index contributed by atoms with van der Waals surface area (Å²) in [4.78, 5) is 22.7. The van der Waals surface area contributed by atoms with E-state index in [1.165, 1.54) is 0 Å². The Balaban J connectivity index is 1.32. The van der Waals surface area contributed by atoms with Crippen molar-refractivity contribution >= 4 is 29.0 Å². The van der Waals surface area contributed by atoms with E-state index in [9.17, 15) is 0 Å². The molecule has 2 N–H and O–H groups in total. The van der Waals surface area contributed by atoms with Gasteiger partial charge in [-0.05, 0) is 6.07 Å². The van der Waals surface area contributed by atoms with Crippen LogP contribution in [0.2, 0.25) is 0 Å². The van der Waals surface area contributed by atoms with Gasteiger partial charge in [0.25, 0.3) is 5.95 Å². The number of hydrazone groups is 1. The van der Waals surface area contributed by atoms with Crippen LogP contribution in [0.5, 0.6) is 6.01 Å². The molecule has 11 nitrogen and oxygen atoms in total. The summed E-state index contributed by atoms with van der Waals surface area (Å²) in [6.45, 7) is 3.71. The molecule has 0 bridgehead atoms. The van der Waals surface area contributed by atoms with Crippen molar-refractivity contribution in [3.63, 3.8) is 0 Å². The maximum absolute atomic E-state index is 5.80. The molecule has 4 heterocycles. The largest absolute Gasteiger partial charge is 0.461 e. The first-order valence-corrected chi connectivity index (χ1v) is 10.4. The molecule has 1 aliphatic heterocycles. The zero-order chi connectivity index (χ0) is 21.6. The number of para-hydroxylation sites is 1. The quantitative estimate of drug-likeness (QED) is 0.320. The van der Waals surface area contributed by atoms with Gasteiger partial charge in [-0.25, -0.2) is 10.4 Å². The van der Waals surface area contributed by atoms with Crippen LogP contribution in [0.25, 0.3) is 10.9 Å². The summed E-state index contributed by atoms with van der Waals surface area (Å²) in [7, 11) is 0. The molecule has 5 rings (SSSR count). The number of aromatic nitrogens is 6. The molecule has 0 radical (unpaired) electrons. The summed E-state index contributed by atoms with van der Waals surface area (Å²) in [5.41, 5.74) is 4.93. The van der Waals surface area contributed by atoms with Crippen LogP contribution < -0.4 is 15.1 Å². The Morgan fingerprint density at radius 1 is 1.19 bits per heavy atom. The summed E-state index contributed by atoms with van der Waals surface area (Å²) >= 11 is 0. The number of fused-ring (bicyclic) bond motifs is 1. The van der Waals surface area contributed by atoms with Crippen molar-refractivity contribution < 1.29 is 9.47 Å². The number of aromatic amines is 1. The predicted octanol–water partition coefficient (Wildman–Crippen LogP) is 1.91. The van der Waals surface area contributed by atoms with E-state index in [2.05, 4.69) is 35.4 Å². The number of hydrogen-bond acceptors (Lipinski definition) is 9. The minimum Gasteiger partial charge on any atom is -0.461 e. The van der Waals surface area contributed by atoms with E-state index in [0.717, 1.165) is 16.5 Å². The van der Waals surface area contributed by atoms with E-state index in [1.807, 2.05) is 46.1 Å². The third-order valence-corrected chi connectivity index (χ3v) is 5.03. The van der Waals surface area contributed by atoms with Gasteiger partial charge in [0.1, 0.15) is 6.61 Å². The van der Waals surface area contributed by atoms with Crippen LogP contribution in [0.1, 0.15) is 5.56 Å². The molecule has 0 atom stereocenters. The second-order valence-corrected chi connectivity index (χ2v) is 7.15. The molecular weight excluding hydrogens is 410 g/mol. The Labute approximate surface area is 184 Å². The van der Waals surface area contributed by atoms with E-state index in [-0.39, 0.29) is 6.01 Å². The van der Waals surface area contributed by atoms with E-state index in [0.29, 0.717) is 51.4 Å². The van der Waals surface area contributed by atoms with Gasteiger partial charge in [-0.2, -0.15) is 20.1 Å². The summed E-state index contributed by atoms with van der Waals surface area (Å²) in [5.74, 6) is 0.848. The number of rotatable bonds is 8. The molecule has 0 aliphatic carbocycles. The Morgan fingerprint density at radius 3 is 2.97 bits per heavy atom. The zero-order valence-electron chi connectivity index (χ0n) is 17.4. The van der Waals surface area contributed by atoms with Gasteiger partial charge >= 0.3 is 6.01 Å². The average Bonchev–Trinajstić information content (AvgIpc) is 3.50. The number of ether oxygens (including phenoxy) is 2. The molecule has 0 amide bonds. The van der Waals surface area contributed by atoms with Crippen LogP contribution in [-0.2, 0) is 11.3 Å². The summed E-state index contributed by atoms with van der Waals surface area (Å²) < 4.78 is 13.2. The SMILES string of the molecule is C(=NNc1nc(OCCn2ccnc2)nc(N2CCOCC2)n1)c1c[nH]c2ccccc12. The van der Waals surface area contributed by atoms with Gasteiger partial charge in [0.05, 0.1) is 32.3 Å². The number of hydrogen-bond donors (Lipinski definition) is 2. The van der Waals surface area contributed by atoms with Crippen molar-refractivity contribution in [3.8, 4) is 6.01 Å². The van der Waals surface area contributed by atoms with Gasteiger partial charge in [-0.3, -0.25) is 0 Å². The first-order chi connectivity index (χ1) is 15.8. The van der Waals surface area contributed by atoms with Crippen LogP contribution in [-0.4, -0.2) is 68.6 Å². The van der Waals surface area contributed by atoms with Crippen molar-refractivity contribution in [1.82, 2.24) is 29.5 Å². The molecular formula is C21H23N9O2. The van der Waals surface area contributed by atoms with Gasteiger partial charge in [0, 0.05) is 48.1 Å². The molecule has 3 aromatic heterocycles. The lowest BCUT2D eigenvalue weighted by atomic mass is 10.2. The van der Waals surface area contributed by atoms with Crippen molar-refractivity contribution in [3.05, 3.63) is 54.7 Å². The Kier molecular flexibility index (Phi) is 5.88. The highest BCUT2D eigenvalue weighted by molar-refractivity contribution is 5.99. The molecule has 32 heavy (non-hydrogen) atoms. The van der Waals surface area contributed by atoms with Gasteiger partial charge < -0.3 is 23.9 Å². The topological polar surface area (TPSA) is 118 Å².